The summed E-state index contributed by atoms with van der Waals surface area (Å²) in [6.45, 7) is 9.54. The topological polar surface area (TPSA) is 84.7 Å². The Balaban J connectivity index is 2.38. The van der Waals surface area contributed by atoms with Crippen molar-refractivity contribution in [1.29, 1.82) is 0 Å². The number of carbonyl (C=O) groups excluding carboxylic acids is 1. The number of amides is 1. The number of thioether (sulfide) groups is 1. The van der Waals surface area contributed by atoms with Crippen LogP contribution in [-0.2, 0) is 11.3 Å². The van der Waals surface area contributed by atoms with E-state index in [-0.39, 0.29) is 11.9 Å². The molecule has 0 fully saturated rings. The van der Waals surface area contributed by atoms with Gasteiger partial charge in [-0.2, -0.15) is 0 Å². The molecule has 0 saturated carbocycles. The third-order valence-corrected chi connectivity index (χ3v) is 3.11. The molecule has 1 heterocycles. The van der Waals surface area contributed by atoms with Crippen LogP contribution in [0, 0.1) is 0 Å². The van der Waals surface area contributed by atoms with E-state index in [0.29, 0.717) is 23.5 Å². The Labute approximate surface area is 117 Å². The van der Waals surface area contributed by atoms with E-state index >= 15 is 0 Å². The van der Waals surface area contributed by atoms with Crippen LogP contribution in [0.4, 0.5) is 0 Å². The zero-order chi connectivity index (χ0) is 14.3. The van der Waals surface area contributed by atoms with E-state index in [1.54, 1.807) is 4.68 Å². The molecule has 0 spiro atoms. The van der Waals surface area contributed by atoms with Gasteiger partial charge in [-0.1, -0.05) is 25.6 Å². The Bertz CT molecular complexity index is 392. The van der Waals surface area contributed by atoms with E-state index < -0.39 is 0 Å². The number of nitrogens with one attached hydrogen (secondary N) is 2. The van der Waals surface area contributed by atoms with Crippen LogP contribution in [0.5, 0.6) is 0 Å². The van der Waals surface area contributed by atoms with Gasteiger partial charge in [0.15, 0.2) is 0 Å². The SMILES string of the molecule is CC(C)NCCn1nnnc1SCC(=O)NC(C)C. The van der Waals surface area contributed by atoms with E-state index in [1.165, 1.54) is 11.8 Å². The third kappa shape index (κ3) is 6.53. The Morgan fingerprint density at radius 1 is 1.32 bits per heavy atom. The maximum absolute atomic E-state index is 11.5. The Kier molecular flexibility index (Phi) is 6.79. The lowest BCUT2D eigenvalue weighted by atomic mass is 10.4. The summed E-state index contributed by atoms with van der Waals surface area (Å²) in [5, 5.41) is 18.3. The number of rotatable bonds is 8. The molecule has 1 amide bonds. The smallest absolute Gasteiger partial charge is 0.230 e. The monoisotopic (exact) mass is 286 g/mol. The van der Waals surface area contributed by atoms with Gasteiger partial charge in [-0.25, -0.2) is 4.68 Å². The molecule has 0 aliphatic rings. The molecule has 0 atom stereocenters. The van der Waals surface area contributed by atoms with E-state index in [0.717, 1.165) is 6.54 Å². The first-order valence-electron chi connectivity index (χ1n) is 6.40. The molecule has 8 heteroatoms. The van der Waals surface area contributed by atoms with Crippen LogP contribution < -0.4 is 10.6 Å². The number of carbonyl (C=O) groups is 1. The van der Waals surface area contributed by atoms with Crippen LogP contribution in [0.15, 0.2) is 5.16 Å². The summed E-state index contributed by atoms with van der Waals surface area (Å²) in [6.07, 6.45) is 0. The fourth-order valence-corrected chi connectivity index (χ4v) is 2.11. The first-order valence-corrected chi connectivity index (χ1v) is 7.39. The second-order valence-electron chi connectivity index (χ2n) is 4.80. The molecular formula is C11H22N6OS. The van der Waals surface area contributed by atoms with E-state index in [2.05, 4.69) is 40.0 Å². The van der Waals surface area contributed by atoms with Crippen molar-refractivity contribution in [3.8, 4) is 0 Å². The largest absolute Gasteiger partial charge is 0.353 e. The second-order valence-corrected chi connectivity index (χ2v) is 5.75. The van der Waals surface area contributed by atoms with Gasteiger partial charge in [0.25, 0.3) is 0 Å². The lowest BCUT2D eigenvalue weighted by molar-refractivity contribution is -0.119. The maximum Gasteiger partial charge on any atom is 0.230 e. The van der Waals surface area contributed by atoms with Gasteiger partial charge in [-0.15, -0.1) is 5.10 Å². The molecule has 0 aromatic carbocycles. The molecule has 1 aromatic rings. The number of tetrazole rings is 1. The molecule has 2 N–H and O–H groups in total. The number of hydrogen-bond acceptors (Lipinski definition) is 6. The molecule has 0 aliphatic carbocycles. The van der Waals surface area contributed by atoms with Crippen molar-refractivity contribution in [3.05, 3.63) is 0 Å². The predicted octanol–water partition coefficient (Wildman–Crippen LogP) is 0.288. The van der Waals surface area contributed by atoms with E-state index in [1.807, 2.05) is 13.8 Å². The fourth-order valence-electron chi connectivity index (χ4n) is 1.39. The summed E-state index contributed by atoms with van der Waals surface area (Å²) in [4.78, 5) is 11.5. The number of nitrogens with zero attached hydrogens (tertiary/aromatic N) is 4. The van der Waals surface area contributed by atoms with Crippen molar-refractivity contribution < 1.29 is 4.79 Å². The first kappa shape index (κ1) is 15.9. The second kappa shape index (κ2) is 8.11. The molecule has 0 saturated heterocycles. The summed E-state index contributed by atoms with van der Waals surface area (Å²) >= 11 is 1.35. The summed E-state index contributed by atoms with van der Waals surface area (Å²) in [5.74, 6) is 0.325. The molecule has 19 heavy (non-hydrogen) atoms. The summed E-state index contributed by atoms with van der Waals surface area (Å²) in [7, 11) is 0. The highest BCUT2D eigenvalue weighted by atomic mass is 32.2. The zero-order valence-corrected chi connectivity index (χ0v) is 12.7. The first-order chi connectivity index (χ1) is 8.99. The van der Waals surface area contributed by atoms with Crippen molar-refractivity contribution in [2.75, 3.05) is 12.3 Å². The Morgan fingerprint density at radius 3 is 2.68 bits per heavy atom. The minimum atomic E-state index is -0.00476. The highest BCUT2D eigenvalue weighted by Crippen LogP contribution is 2.12. The molecule has 0 bridgehead atoms. The molecule has 0 unspecified atom stereocenters. The summed E-state index contributed by atoms with van der Waals surface area (Å²) in [5.41, 5.74) is 0. The zero-order valence-electron chi connectivity index (χ0n) is 11.9. The molecule has 1 aromatic heterocycles. The average molecular weight is 286 g/mol. The van der Waals surface area contributed by atoms with Crippen LogP contribution in [-0.4, -0.2) is 50.5 Å². The molecule has 108 valence electrons. The molecule has 0 radical (unpaired) electrons. The van der Waals surface area contributed by atoms with Gasteiger partial charge >= 0.3 is 0 Å². The summed E-state index contributed by atoms with van der Waals surface area (Å²) in [6, 6.07) is 0.587. The van der Waals surface area contributed by atoms with Crippen LogP contribution in [0.1, 0.15) is 27.7 Å². The molecule has 0 aliphatic heterocycles. The Morgan fingerprint density at radius 2 is 2.05 bits per heavy atom. The highest BCUT2D eigenvalue weighted by molar-refractivity contribution is 7.99. The molecule has 7 nitrogen and oxygen atoms in total. The minimum Gasteiger partial charge on any atom is -0.353 e. The fraction of sp³-hybridized carbons (Fsp3) is 0.818. The predicted molar refractivity (Wildman–Crippen MR) is 75.0 cm³/mol. The van der Waals surface area contributed by atoms with Crippen molar-refractivity contribution in [3.63, 3.8) is 0 Å². The van der Waals surface area contributed by atoms with Crippen molar-refractivity contribution in [2.45, 2.75) is 51.5 Å². The normalized spacial score (nSPS) is 11.3. The van der Waals surface area contributed by atoms with Gasteiger partial charge in [-0.3, -0.25) is 4.79 Å². The summed E-state index contributed by atoms with van der Waals surface area (Å²) < 4.78 is 1.71. The van der Waals surface area contributed by atoms with Crippen molar-refractivity contribution >= 4 is 17.7 Å². The standard InChI is InChI=1S/C11H22N6OS/c1-8(2)12-5-6-17-11(14-15-16-17)19-7-10(18)13-9(3)4/h8-9,12H,5-7H2,1-4H3,(H,13,18). The van der Waals surface area contributed by atoms with Gasteiger partial charge in [0.05, 0.1) is 12.3 Å². The lowest BCUT2D eigenvalue weighted by Crippen LogP contribution is -2.31. The average Bonchev–Trinajstić information content (AvgIpc) is 2.72. The number of aromatic nitrogens is 4. The van der Waals surface area contributed by atoms with Gasteiger partial charge in [0, 0.05) is 18.6 Å². The number of hydrogen-bond donors (Lipinski definition) is 2. The maximum atomic E-state index is 11.5. The van der Waals surface area contributed by atoms with E-state index in [9.17, 15) is 4.79 Å². The van der Waals surface area contributed by atoms with Crippen molar-refractivity contribution in [2.24, 2.45) is 0 Å². The quantitative estimate of drug-likeness (QED) is 0.668. The minimum absolute atomic E-state index is 0.00476. The molecule has 1 rings (SSSR count). The van der Waals surface area contributed by atoms with Crippen LogP contribution >= 0.6 is 11.8 Å². The van der Waals surface area contributed by atoms with Crippen LogP contribution in [0.3, 0.4) is 0 Å². The van der Waals surface area contributed by atoms with E-state index in [4.69, 9.17) is 0 Å². The lowest BCUT2D eigenvalue weighted by Gasteiger charge is -2.09. The highest BCUT2D eigenvalue weighted by Gasteiger charge is 2.10. The van der Waals surface area contributed by atoms with Gasteiger partial charge < -0.3 is 10.6 Å². The van der Waals surface area contributed by atoms with Crippen molar-refractivity contribution in [1.82, 2.24) is 30.8 Å². The van der Waals surface area contributed by atoms with Crippen LogP contribution in [0.25, 0.3) is 0 Å². The third-order valence-electron chi connectivity index (χ3n) is 2.16. The van der Waals surface area contributed by atoms with Gasteiger partial charge in [-0.05, 0) is 24.3 Å². The Hall–Kier alpha value is -1.15. The molecular weight excluding hydrogens is 264 g/mol. The van der Waals surface area contributed by atoms with Crippen LogP contribution in [0.2, 0.25) is 0 Å². The van der Waals surface area contributed by atoms with Gasteiger partial charge in [0.2, 0.25) is 11.1 Å². The van der Waals surface area contributed by atoms with Gasteiger partial charge in [0.1, 0.15) is 0 Å².